The lowest BCUT2D eigenvalue weighted by Crippen LogP contribution is -2.50. The van der Waals surface area contributed by atoms with Crippen molar-refractivity contribution >= 4 is 17.8 Å². The van der Waals surface area contributed by atoms with Crippen LogP contribution in [0.25, 0.3) is 0 Å². The second-order valence-electron chi connectivity index (χ2n) is 8.07. The molecule has 2 saturated heterocycles. The molecule has 2 aliphatic rings. The topological polar surface area (TPSA) is 93.2 Å². The fourth-order valence-electron chi connectivity index (χ4n) is 4.44. The molecule has 2 aliphatic heterocycles. The first-order valence-corrected chi connectivity index (χ1v) is 10.9. The SMILES string of the molecule is O=C(CCN1C(=O)NC(c2ccccc2)(c2ccccc2)C1=O)N1CCN(CCO)CC1. The zero-order chi connectivity index (χ0) is 22.6. The van der Waals surface area contributed by atoms with E-state index in [4.69, 9.17) is 5.11 Å². The van der Waals surface area contributed by atoms with E-state index in [1.807, 2.05) is 60.7 Å². The lowest BCUT2D eigenvalue weighted by atomic mass is 9.82. The van der Waals surface area contributed by atoms with Crippen molar-refractivity contribution in [2.45, 2.75) is 12.0 Å². The number of hydrogen-bond donors (Lipinski definition) is 2. The van der Waals surface area contributed by atoms with Crippen molar-refractivity contribution in [3.8, 4) is 0 Å². The minimum Gasteiger partial charge on any atom is -0.395 e. The van der Waals surface area contributed by atoms with Crippen molar-refractivity contribution in [2.75, 3.05) is 45.9 Å². The number of urea groups is 1. The van der Waals surface area contributed by atoms with E-state index in [0.717, 1.165) is 4.90 Å². The van der Waals surface area contributed by atoms with Gasteiger partial charge >= 0.3 is 6.03 Å². The normalized spacial score (nSPS) is 18.7. The number of imide groups is 1. The van der Waals surface area contributed by atoms with Crippen LogP contribution in [0.15, 0.2) is 60.7 Å². The zero-order valence-electron chi connectivity index (χ0n) is 17.9. The molecule has 0 aromatic heterocycles. The van der Waals surface area contributed by atoms with Gasteiger partial charge in [-0.25, -0.2) is 4.79 Å². The lowest BCUT2D eigenvalue weighted by molar-refractivity contribution is -0.134. The van der Waals surface area contributed by atoms with E-state index < -0.39 is 11.6 Å². The van der Waals surface area contributed by atoms with Crippen LogP contribution in [0, 0.1) is 0 Å². The summed E-state index contributed by atoms with van der Waals surface area (Å²) in [5.41, 5.74) is 0.0511. The largest absolute Gasteiger partial charge is 0.395 e. The third kappa shape index (κ3) is 4.11. The summed E-state index contributed by atoms with van der Waals surface area (Å²) >= 11 is 0. The Hall–Kier alpha value is -3.23. The van der Waals surface area contributed by atoms with Crippen molar-refractivity contribution in [3.63, 3.8) is 0 Å². The van der Waals surface area contributed by atoms with Gasteiger partial charge in [-0.2, -0.15) is 0 Å². The van der Waals surface area contributed by atoms with Gasteiger partial charge in [-0.15, -0.1) is 0 Å². The molecule has 168 valence electrons. The van der Waals surface area contributed by atoms with Gasteiger partial charge in [0.2, 0.25) is 5.91 Å². The second-order valence-corrected chi connectivity index (χ2v) is 8.07. The maximum atomic E-state index is 13.6. The Morgan fingerprint density at radius 2 is 1.44 bits per heavy atom. The maximum absolute atomic E-state index is 13.6. The predicted molar refractivity (Wildman–Crippen MR) is 119 cm³/mol. The molecular formula is C24H28N4O4. The van der Waals surface area contributed by atoms with Crippen LogP contribution in [0.5, 0.6) is 0 Å². The standard InChI is InChI=1S/C24H28N4O4/c29-18-17-26-13-15-27(16-14-26)21(30)11-12-28-22(31)24(25-23(28)32,19-7-3-1-4-8-19)20-9-5-2-6-10-20/h1-10,29H,11-18H2,(H,25,32). The third-order valence-electron chi connectivity index (χ3n) is 6.21. The predicted octanol–water partition coefficient (Wildman–Crippen LogP) is 1.01. The minimum atomic E-state index is -1.31. The number of nitrogens with zero attached hydrogens (tertiary/aromatic N) is 3. The first-order chi connectivity index (χ1) is 15.6. The van der Waals surface area contributed by atoms with Gasteiger partial charge in [-0.05, 0) is 11.1 Å². The van der Waals surface area contributed by atoms with Gasteiger partial charge in [0.25, 0.3) is 5.91 Å². The second kappa shape index (κ2) is 9.50. The van der Waals surface area contributed by atoms with Crippen molar-refractivity contribution in [2.24, 2.45) is 0 Å². The van der Waals surface area contributed by atoms with E-state index in [9.17, 15) is 14.4 Å². The molecule has 2 aromatic rings. The number of β-amino-alcohol motifs (C(OH)–C–C–N with tert-alkyl or cyclic N) is 1. The quantitative estimate of drug-likeness (QED) is 0.632. The summed E-state index contributed by atoms with van der Waals surface area (Å²) in [6, 6.07) is 17.9. The van der Waals surface area contributed by atoms with Gasteiger partial charge in [-0.1, -0.05) is 60.7 Å². The summed E-state index contributed by atoms with van der Waals surface area (Å²) in [7, 11) is 0. The van der Waals surface area contributed by atoms with Crippen LogP contribution in [0.4, 0.5) is 4.79 Å². The fraction of sp³-hybridized carbons (Fsp3) is 0.375. The summed E-state index contributed by atoms with van der Waals surface area (Å²) in [6.07, 6.45) is 0.0822. The highest BCUT2D eigenvalue weighted by atomic mass is 16.3. The lowest BCUT2D eigenvalue weighted by Gasteiger charge is -2.34. The van der Waals surface area contributed by atoms with E-state index in [0.29, 0.717) is 43.9 Å². The van der Waals surface area contributed by atoms with Crippen LogP contribution in [0.2, 0.25) is 0 Å². The van der Waals surface area contributed by atoms with Crippen molar-refractivity contribution in [1.82, 2.24) is 20.0 Å². The Balaban J connectivity index is 1.49. The molecule has 0 unspecified atom stereocenters. The smallest absolute Gasteiger partial charge is 0.325 e. The molecule has 2 N–H and O–H groups in total. The first kappa shape index (κ1) is 22.0. The minimum absolute atomic E-state index is 0.0295. The number of carbonyl (C=O) groups excluding carboxylic acids is 3. The van der Waals surface area contributed by atoms with E-state index >= 15 is 0 Å². The summed E-state index contributed by atoms with van der Waals surface area (Å²) in [5, 5.41) is 12.0. The zero-order valence-corrected chi connectivity index (χ0v) is 17.9. The van der Waals surface area contributed by atoms with E-state index in [-0.39, 0.29) is 31.4 Å². The summed E-state index contributed by atoms with van der Waals surface area (Å²) in [4.78, 5) is 44.3. The molecule has 0 bridgehead atoms. The molecule has 0 spiro atoms. The van der Waals surface area contributed by atoms with Crippen LogP contribution in [-0.4, -0.2) is 83.5 Å². The molecular weight excluding hydrogens is 408 g/mol. The van der Waals surface area contributed by atoms with Crippen LogP contribution < -0.4 is 5.32 Å². The number of piperazine rings is 1. The Labute approximate surface area is 187 Å². The fourth-order valence-corrected chi connectivity index (χ4v) is 4.44. The summed E-state index contributed by atoms with van der Waals surface area (Å²) < 4.78 is 0. The molecule has 2 aromatic carbocycles. The molecule has 2 fully saturated rings. The molecule has 2 heterocycles. The van der Waals surface area contributed by atoms with Crippen molar-refractivity contribution in [3.05, 3.63) is 71.8 Å². The van der Waals surface area contributed by atoms with E-state index in [2.05, 4.69) is 10.2 Å². The number of amides is 4. The maximum Gasteiger partial charge on any atom is 0.325 e. The van der Waals surface area contributed by atoms with Crippen LogP contribution in [-0.2, 0) is 15.1 Å². The molecule has 0 aliphatic carbocycles. The molecule has 0 saturated carbocycles. The molecule has 0 atom stereocenters. The van der Waals surface area contributed by atoms with Crippen LogP contribution in [0.1, 0.15) is 17.5 Å². The number of rotatable bonds is 7. The third-order valence-corrected chi connectivity index (χ3v) is 6.21. The number of carbonyl (C=O) groups is 3. The van der Waals surface area contributed by atoms with Crippen molar-refractivity contribution in [1.29, 1.82) is 0 Å². The van der Waals surface area contributed by atoms with Gasteiger partial charge < -0.3 is 15.3 Å². The van der Waals surface area contributed by atoms with Crippen molar-refractivity contribution < 1.29 is 19.5 Å². The average Bonchev–Trinajstić information content (AvgIpc) is 3.09. The molecule has 8 nitrogen and oxygen atoms in total. The van der Waals surface area contributed by atoms with E-state index in [1.54, 1.807) is 4.90 Å². The highest BCUT2D eigenvalue weighted by Crippen LogP contribution is 2.36. The number of nitrogens with one attached hydrogen (secondary N) is 1. The highest BCUT2D eigenvalue weighted by molar-refractivity contribution is 6.09. The summed E-state index contributed by atoms with van der Waals surface area (Å²) in [6.45, 7) is 3.31. The van der Waals surface area contributed by atoms with Gasteiger partial charge in [0.15, 0.2) is 5.54 Å². The molecule has 0 radical (unpaired) electrons. The van der Waals surface area contributed by atoms with Gasteiger partial charge in [0.05, 0.1) is 6.61 Å². The van der Waals surface area contributed by atoms with Gasteiger partial charge in [-0.3, -0.25) is 19.4 Å². The molecule has 8 heteroatoms. The van der Waals surface area contributed by atoms with Crippen LogP contribution >= 0.6 is 0 Å². The Morgan fingerprint density at radius 3 is 1.97 bits per heavy atom. The number of aliphatic hydroxyl groups excluding tert-OH is 1. The van der Waals surface area contributed by atoms with Gasteiger partial charge in [0, 0.05) is 45.7 Å². The van der Waals surface area contributed by atoms with E-state index in [1.165, 1.54) is 0 Å². The molecule has 32 heavy (non-hydrogen) atoms. The monoisotopic (exact) mass is 436 g/mol. The highest BCUT2D eigenvalue weighted by Gasteiger charge is 2.53. The number of hydrogen-bond acceptors (Lipinski definition) is 5. The Bertz CT molecular complexity index is 919. The van der Waals surface area contributed by atoms with Gasteiger partial charge in [0.1, 0.15) is 0 Å². The Morgan fingerprint density at radius 1 is 0.875 bits per heavy atom. The number of aliphatic hydroxyl groups is 1. The summed E-state index contributed by atoms with van der Waals surface area (Å²) in [5.74, 6) is -0.452. The van der Waals surface area contributed by atoms with Crippen LogP contribution in [0.3, 0.4) is 0 Å². The molecule has 4 amide bonds. The molecule has 4 rings (SSSR count). The Kier molecular flexibility index (Phi) is 6.53. The first-order valence-electron chi connectivity index (χ1n) is 10.9. The average molecular weight is 437 g/mol. The number of benzene rings is 2.